The molecule has 3 amide bonds. The molecule has 0 radical (unpaired) electrons. The Balaban J connectivity index is 2.08. The molecule has 0 N–H and O–H groups in total. The fourth-order valence-electron chi connectivity index (χ4n) is 2.83. The van der Waals surface area contributed by atoms with E-state index in [-0.39, 0.29) is 25.1 Å². The first-order chi connectivity index (χ1) is 9.56. The molecular weight excluding hydrogens is 264 g/mol. The number of piperidine rings is 1. The van der Waals surface area contributed by atoms with Crippen LogP contribution in [0.5, 0.6) is 0 Å². The summed E-state index contributed by atoms with van der Waals surface area (Å²) in [5.74, 6) is -0.728. The van der Waals surface area contributed by atoms with Gasteiger partial charge in [0.05, 0.1) is 19.6 Å². The minimum Gasteiger partial charge on any atom is -0.453 e. The standard InChI is InChI=1S/C13H20N2O5/c1-9(11(16)15-7-8-20-13(15)18)10-5-3-4-6-14(10)12(17)19-2/h9-10H,3-8H2,1-2H3/t9-,10-/m0/s1. The molecular formula is C13H20N2O5. The van der Waals surface area contributed by atoms with Crippen molar-refractivity contribution in [2.45, 2.75) is 32.2 Å². The van der Waals surface area contributed by atoms with E-state index < -0.39 is 18.1 Å². The Labute approximate surface area is 117 Å². The average molecular weight is 284 g/mol. The fourth-order valence-corrected chi connectivity index (χ4v) is 2.83. The summed E-state index contributed by atoms with van der Waals surface area (Å²) < 4.78 is 9.55. The molecule has 0 bridgehead atoms. The molecule has 0 spiro atoms. The molecule has 0 aromatic heterocycles. The number of carbonyl (C=O) groups is 3. The Morgan fingerprint density at radius 3 is 2.70 bits per heavy atom. The van der Waals surface area contributed by atoms with Crippen LogP contribution in [0.15, 0.2) is 0 Å². The van der Waals surface area contributed by atoms with Gasteiger partial charge in [0.2, 0.25) is 5.91 Å². The lowest BCUT2D eigenvalue weighted by Gasteiger charge is -2.38. The van der Waals surface area contributed by atoms with Gasteiger partial charge in [-0.05, 0) is 19.3 Å². The summed E-state index contributed by atoms with van der Waals surface area (Å²) >= 11 is 0. The second-order valence-corrected chi connectivity index (χ2v) is 5.12. The van der Waals surface area contributed by atoms with Gasteiger partial charge in [-0.15, -0.1) is 0 Å². The van der Waals surface area contributed by atoms with Crippen molar-refractivity contribution in [3.63, 3.8) is 0 Å². The van der Waals surface area contributed by atoms with Gasteiger partial charge in [0.15, 0.2) is 0 Å². The zero-order chi connectivity index (χ0) is 14.7. The van der Waals surface area contributed by atoms with Crippen LogP contribution in [-0.4, -0.2) is 60.7 Å². The highest BCUT2D eigenvalue weighted by molar-refractivity contribution is 5.94. The molecule has 2 heterocycles. The van der Waals surface area contributed by atoms with Crippen molar-refractivity contribution >= 4 is 18.1 Å². The van der Waals surface area contributed by atoms with E-state index in [2.05, 4.69) is 0 Å². The zero-order valence-corrected chi connectivity index (χ0v) is 11.8. The molecule has 2 fully saturated rings. The number of imide groups is 1. The molecule has 0 aromatic carbocycles. The number of nitrogens with zero attached hydrogens (tertiary/aromatic N) is 2. The van der Waals surface area contributed by atoms with E-state index in [0.29, 0.717) is 6.54 Å². The Kier molecular flexibility index (Phi) is 4.46. The maximum atomic E-state index is 12.4. The number of methoxy groups -OCH3 is 1. The summed E-state index contributed by atoms with van der Waals surface area (Å²) in [4.78, 5) is 38.3. The summed E-state index contributed by atoms with van der Waals surface area (Å²) in [6, 6.07) is -0.225. The summed E-state index contributed by atoms with van der Waals surface area (Å²) in [7, 11) is 1.33. The fraction of sp³-hybridized carbons (Fsp3) is 0.769. The lowest BCUT2D eigenvalue weighted by Crippen LogP contribution is -2.51. The quantitative estimate of drug-likeness (QED) is 0.762. The molecule has 2 saturated heterocycles. The second-order valence-electron chi connectivity index (χ2n) is 5.12. The maximum absolute atomic E-state index is 12.4. The van der Waals surface area contributed by atoms with E-state index in [4.69, 9.17) is 9.47 Å². The van der Waals surface area contributed by atoms with E-state index in [1.165, 1.54) is 7.11 Å². The van der Waals surface area contributed by atoms with Crippen molar-refractivity contribution < 1.29 is 23.9 Å². The number of rotatable bonds is 2. The van der Waals surface area contributed by atoms with Crippen LogP contribution in [0.2, 0.25) is 0 Å². The molecule has 0 saturated carbocycles. The highest BCUT2D eigenvalue weighted by atomic mass is 16.6. The number of cyclic esters (lactones) is 1. The maximum Gasteiger partial charge on any atom is 0.416 e. The van der Waals surface area contributed by atoms with Gasteiger partial charge in [0, 0.05) is 12.6 Å². The number of hydrogen-bond acceptors (Lipinski definition) is 5. The van der Waals surface area contributed by atoms with Gasteiger partial charge in [0.25, 0.3) is 0 Å². The highest BCUT2D eigenvalue weighted by Gasteiger charge is 2.39. The smallest absolute Gasteiger partial charge is 0.416 e. The largest absolute Gasteiger partial charge is 0.453 e. The topological polar surface area (TPSA) is 76.2 Å². The van der Waals surface area contributed by atoms with Crippen LogP contribution < -0.4 is 0 Å². The number of ether oxygens (including phenoxy) is 2. The first-order valence-corrected chi connectivity index (χ1v) is 6.89. The predicted molar refractivity (Wildman–Crippen MR) is 69.0 cm³/mol. The molecule has 2 aliphatic heterocycles. The number of hydrogen-bond donors (Lipinski definition) is 0. The lowest BCUT2D eigenvalue weighted by atomic mass is 9.91. The Hall–Kier alpha value is -1.79. The van der Waals surface area contributed by atoms with Gasteiger partial charge < -0.3 is 14.4 Å². The van der Waals surface area contributed by atoms with Crippen molar-refractivity contribution in [1.29, 1.82) is 0 Å². The van der Waals surface area contributed by atoms with Crippen molar-refractivity contribution in [3.8, 4) is 0 Å². The van der Waals surface area contributed by atoms with Gasteiger partial charge in [0.1, 0.15) is 6.61 Å². The van der Waals surface area contributed by atoms with Crippen molar-refractivity contribution in [3.05, 3.63) is 0 Å². The zero-order valence-electron chi connectivity index (χ0n) is 11.8. The molecule has 7 heteroatoms. The summed E-state index contributed by atoms with van der Waals surface area (Å²) in [5.41, 5.74) is 0. The minimum absolute atomic E-state index is 0.225. The van der Waals surface area contributed by atoms with Gasteiger partial charge >= 0.3 is 12.2 Å². The van der Waals surface area contributed by atoms with Crippen LogP contribution in [0.3, 0.4) is 0 Å². The Morgan fingerprint density at radius 2 is 2.10 bits per heavy atom. The van der Waals surface area contributed by atoms with E-state index in [1.54, 1.807) is 11.8 Å². The highest BCUT2D eigenvalue weighted by Crippen LogP contribution is 2.26. The second kappa shape index (κ2) is 6.11. The van der Waals surface area contributed by atoms with Gasteiger partial charge in [-0.2, -0.15) is 0 Å². The number of likely N-dealkylation sites (tertiary alicyclic amines) is 1. The molecule has 112 valence electrons. The van der Waals surface area contributed by atoms with Crippen molar-refractivity contribution in [1.82, 2.24) is 9.80 Å². The van der Waals surface area contributed by atoms with Crippen LogP contribution >= 0.6 is 0 Å². The molecule has 20 heavy (non-hydrogen) atoms. The Bertz CT molecular complexity index is 412. The van der Waals surface area contributed by atoms with E-state index in [9.17, 15) is 14.4 Å². The summed E-state index contributed by atoms with van der Waals surface area (Å²) in [6.07, 6.45) is 1.59. The third kappa shape index (κ3) is 2.71. The molecule has 2 rings (SSSR count). The average Bonchev–Trinajstić information content (AvgIpc) is 2.91. The molecule has 0 unspecified atom stereocenters. The third-order valence-electron chi connectivity index (χ3n) is 3.95. The lowest BCUT2D eigenvalue weighted by molar-refractivity contribution is -0.133. The molecule has 0 aromatic rings. The molecule has 7 nitrogen and oxygen atoms in total. The Morgan fingerprint density at radius 1 is 1.35 bits per heavy atom. The van der Waals surface area contributed by atoms with Gasteiger partial charge in [-0.3, -0.25) is 4.79 Å². The van der Waals surface area contributed by atoms with Gasteiger partial charge in [-0.25, -0.2) is 14.5 Å². The number of amides is 3. The molecule has 2 atom stereocenters. The van der Waals surface area contributed by atoms with Crippen molar-refractivity contribution in [2.24, 2.45) is 5.92 Å². The van der Waals surface area contributed by atoms with Crippen LogP contribution in [0.4, 0.5) is 9.59 Å². The predicted octanol–water partition coefficient (Wildman–Crippen LogP) is 1.22. The third-order valence-corrected chi connectivity index (χ3v) is 3.95. The van der Waals surface area contributed by atoms with E-state index in [1.807, 2.05) is 0 Å². The first kappa shape index (κ1) is 14.6. The van der Waals surface area contributed by atoms with Crippen LogP contribution in [0.25, 0.3) is 0 Å². The van der Waals surface area contributed by atoms with Crippen molar-refractivity contribution in [2.75, 3.05) is 26.8 Å². The van der Waals surface area contributed by atoms with Gasteiger partial charge in [-0.1, -0.05) is 6.92 Å². The summed E-state index contributed by atoms with van der Waals surface area (Å²) in [5, 5.41) is 0. The molecule has 0 aliphatic carbocycles. The van der Waals surface area contributed by atoms with Crippen LogP contribution in [0, 0.1) is 5.92 Å². The number of carbonyl (C=O) groups excluding carboxylic acids is 3. The van der Waals surface area contributed by atoms with Crippen LogP contribution in [-0.2, 0) is 14.3 Å². The van der Waals surface area contributed by atoms with Crippen LogP contribution in [0.1, 0.15) is 26.2 Å². The normalized spacial score (nSPS) is 24.3. The minimum atomic E-state index is -0.595. The SMILES string of the molecule is COC(=O)N1CCCC[C@H]1[C@H](C)C(=O)N1CCOC1=O. The molecule has 2 aliphatic rings. The monoisotopic (exact) mass is 284 g/mol. The van der Waals surface area contributed by atoms with E-state index in [0.717, 1.165) is 24.2 Å². The van der Waals surface area contributed by atoms with E-state index >= 15 is 0 Å². The summed E-state index contributed by atoms with van der Waals surface area (Å²) in [6.45, 7) is 2.86. The first-order valence-electron chi connectivity index (χ1n) is 6.89.